The summed E-state index contributed by atoms with van der Waals surface area (Å²) in [6.45, 7) is 5.84. The number of aromatic nitrogens is 2. The van der Waals surface area contributed by atoms with Crippen LogP contribution in [-0.2, 0) is 4.79 Å². The molecule has 0 saturated heterocycles. The van der Waals surface area contributed by atoms with E-state index >= 15 is 0 Å². The average molecular weight is 354 g/mol. The van der Waals surface area contributed by atoms with Crippen molar-refractivity contribution < 1.29 is 4.79 Å². The SMILES string of the molecule is C[C@]12CCNC(=O)C=C1CC[C@@H]1[C@@H]2CC[C@]2(C)C(n3ccnc3)CC[C@@H]12. The van der Waals surface area contributed by atoms with Gasteiger partial charge in [0.05, 0.1) is 6.33 Å². The Labute approximate surface area is 156 Å². The molecule has 4 nitrogen and oxygen atoms in total. The van der Waals surface area contributed by atoms with E-state index in [0.717, 1.165) is 37.1 Å². The fraction of sp³-hybridized carbons (Fsp3) is 0.727. The van der Waals surface area contributed by atoms with Crippen LogP contribution in [0.1, 0.15) is 64.8 Å². The highest BCUT2D eigenvalue weighted by Gasteiger charge is 2.59. The quantitative estimate of drug-likeness (QED) is 0.826. The van der Waals surface area contributed by atoms with Gasteiger partial charge in [0.15, 0.2) is 0 Å². The van der Waals surface area contributed by atoms with Crippen molar-refractivity contribution in [1.29, 1.82) is 0 Å². The van der Waals surface area contributed by atoms with E-state index in [4.69, 9.17) is 0 Å². The molecule has 1 unspecified atom stereocenters. The third-order valence-electron chi connectivity index (χ3n) is 8.82. The summed E-state index contributed by atoms with van der Waals surface area (Å²) in [5, 5.41) is 3.08. The monoisotopic (exact) mass is 353 g/mol. The van der Waals surface area contributed by atoms with Gasteiger partial charge in [-0.05, 0) is 73.5 Å². The predicted octanol–water partition coefficient (Wildman–Crippen LogP) is 4.11. The normalized spacial score (nSPS) is 45.0. The second-order valence-electron chi connectivity index (χ2n) is 9.69. The van der Waals surface area contributed by atoms with Crippen LogP contribution in [0.25, 0.3) is 0 Å². The number of hydrogen-bond acceptors (Lipinski definition) is 2. The van der Waals surface area contributed by atoms with Crippen LogP contribution in [0, 0.1) is 28.6 Å². The van der Waals surface area contributed by atoms with Crippen molar-refractivity contribution in [2.45, 2.75) is 64.8 Å². The third kappa shape index (κ3) is 2.20. The van der Waals surface area contributed by atoms with E-state index in [2.05, 4.69) is 34.9 Å². The number of allylic oxidation sites excluding steroid dienone is 1. The molecule has 26 heavy (non-hydrogen) atoms. The first-order chi connectivity index (χ1) is 12.5. The zero-order valence-corrected chi connectivity index (χ0v) is 16.1. The number of amides is 1. The predicted molar refractivity (Wildman–Crippen MR) is 101 cm³/mol. The fourth-order valence-electron chi connectivity index (χ4n) is 7.48. The minimum absolute atomic E-state index is 0.129. The molecule has 3 saturated carbocycles. The van der Waals surface area contributed by atoms with Crippen LogP contribution in [0.5, 0.6) is 0 Å². The second kappa shape index (κ2) is 5.71. The molecule has 140 valence electrons. The highest BCUT2D eigenvalue weighted by atomic mass is 16.1. The smallest absolute Gasteiger partial charge is 0.243 e. The number of nitrogens with one attached hydrogen (secondary N) is 1. The summed E-state index contributed by atoms with van der Waals surface area (Å²) < 4.78 is 2.38. The highest BCUT2D eigenvalue weighted by Crippen LogP contribution is 2.66. The van der Waals surface area contributed by atoms with Crippen molar-refractivity contribution in [2.24, 2.45) is 28.6 Å². The van der Waals surface area contributed by atoms with Crippen molar-refractivity contribution in [3.63, 3.8) is 0 Å². The Morgan fingerprint density at radius 3 is 2.85 bits per heavy atom. The summed E-state index contributed by atoms with van der Waals surface area (Å²) in [6.07, 6.45) is 16.8. The van der Waals surface area contributed by atoms with Gasteiger partial charge >= 0.3 is 0 Å². The number of carbonyl (C=O) groups excluding carboxylic acids is 1. The minimum Gasteiger partial charge on any atom is -0.353 e. The maximum atomic E-state index is 12.1. The molecule has 1 aliphatic heterocycles. The molecule has 1 N–H and O–H groups in total. The van der Waals surface area contributed by atoms with Gasteiger partial charge in [0.25, 0.3) is 0 Å². The van der Waals surface area contributed by atoms with Gasteiger partial charge in [0, 0.05) is 31.1 Å². The van der Waals surface area contributed by atoms with Gasteiger partial charge in [0.2, 0.25) is 5.91 Å². The van der Waals surface area contributed by atoms with E-state index in [0.29, 0.717) is 11.5 Å². The molecule has 3 fully saturated rings. The Kier molecular flexibility index (Phi) is 3.64. The number of rotatable bonds is 1. The maximum Gasteiger partial charge on any atom is 0.243 e. The van der Waals surface area contributed by atoms with Crippen molar-refractivity contribution >= 4 is 5.91 Å². The molecule has 0 radical (unpaired) electrons. The molecular formula is C22H31N3O. The van der Waals surface area contributed by atoms with Crippen molar-refractivity contribution in [3.05, 3.63) is 30.4 Å². The molecule has 5 rings (SSSR count). The number of fused-ring (bicyclic) bond motifs is 5. The van der Waals surface area contributed by atoms with E-state index in [9.17, 15) is 4.79 Å². The van der Waals surface area contributed by atoms with Crippen LogP contribution in [-0.4, -0.2) is 22.0 Å². The summed E-state index contributed by atoms with van der Waals surface area (Å²) in [7, 11) is 0. The largest absolute Gasteiger partial charge is 0.353 e. The Bertz CT molecular complexity index is 739. The zero-order chi connectivity index (χ0) is 17.9. The number of carbonyl (C=O) groups is 1. The Hall–Kier alpha value is -1.58. The van der Waals surface area contributed by atoms with Crippen LogP contribution >= 0.6 is 0 Å². The minimum atomic E-state index is 0.129. The summed E-state index contributed by atoms with van der Waals surface area (Å²) >= 11 is 0. The molecule has 4 heteroatoms. The van der Waals surface area contributed by atoms with Crippen LogP contribution in [0.4, 0.5) is 0 Å². The standard InChI is InChI=1S/C22H31N3O/c1-21-9-10-24-20(26)13-15(21)3-4-16-17-5-6-19(25-12-11-23-14-25)22(17,2)8-7-18(16)21/h11-14,16-19H,3-10H2,1-2H3,(H,24,26)/t16-,17-,18-,19?,21-,22-/m0/s1. The summed E-state index contributed by atoms with van der Waals surface area (Å²) in [5.41, 5.74) is 2.05. The van der Waals surface area contributed by atoms with E-state index < -0.39 is 0 Å². The maximum absolute atomic E-state index is 12.1. The van der Waals surface area contributed by atoms with Crippen LogP contribution < -0.4 is 5.32 Å². The lowest BCUT2D eigenvalue weighted by Gasteiger charge is -2.57. The fourth-order valence-corrected chi connectivity index (χ4v) is 7.48. The van der Waals surface area contributed by atoms with E-state index in [1.807, 2.05) is 18.6 Å². The Morgan fingerprint density at radius 1 is 1.15 bits per heavy atom. The number of hydrogen-bond donors (Lipinski definition) is 1. The Balaban J connectivity index is 1.48. The van der Waals surface area contributed by atoms with E-state index in [-0.39, 0.29) is 11.3 Å². The molecule has 4 aliphatic rings. The summed E-state index contributed by atoms with van der Waals surface area (Å²) in [4.78, 5) is 16.4. The molecule has 1 amide bonds. The summed E-state index contributed by atoms with van der Waals surface area (Å²) in [6, 6.07) is 0.609. The number of imidazole rings is 1. The van der Waals surface area contributed by atoms with Crippen molar-refractivity contribution in [2.75, 3.05) is 6.54 Å². The third-order valence-corrected chi connectivity index (χ3v) is 8.82. The molecular weight excluding hydrogens is 322 g/mol. The lowest BCUT2D eigenvalue weighted by atomic mass is 9.48. The molecule has 0 spiro atoms. The topological polar surface area (TPSA) is 46.9 Å². The van der Waals surface area contributed by atoms with Crippen LogP contribution in [0.15, 0.2) is 30.4 Å². The first-order valence-corrected chi connectivity index (χ1v) is 10.5. The lowest BCUT2D eigenvalue weighted by molar-refractivity contribution is -0.116. The molecule has 0 aromatic carbocycles. The molecule has 6 atom stereocenters. The van der Waals surface area contributed by atoms with Gasteiger partial charge in [0.1, 0.15) is 0 Å². The molecule has 3 aliphatic carbocycles. The van der Waals surface area contributed by atoms with Crippen LogP contribution in [0.3, 0.4) is 0 Å². The average Bonchev–Trinajstić information content (AvgIpc) is 3.20. The van der Waals surface area contributed by atoms with Crippen molar-refractivity contribution in [3.8, 4) is 0 Å². The van der Waals surface area contributed by atoms with Gasteiger partial charge in [-0.25, -0.2) is 4.98 Å². The lowest BCUT2D eigenvalue weighted by Crippen LogP contribution is -2.49. The highest BCUT2D eigenvalue weighted by molar-refractivity contribution is 5.88. The molecule has 1 aromatic heterocycles. The Morgan fingerprint density at radius 2 is 2.04 bits per heavy atom. The van der Waals surface area contributed by atoms with Gasteiger partial charge in [-0.1, -0.05) is 19.4 Å². The van der Waals surface area contributed by atoms with Crippen LogP contribution in [0.2, 0.25) is 0 Å². The van der Waals surface area contributed by atoms with E-state index in [1.54, 1.807) is 0 Å². The van der Waals surface area contributed by atoms with Gasteiger partial charge in [-0.3, -0.25) is 4.79 Å². The molecule has 1 aromatic rings. The van der Waals surface area contributed by atoms with Gasteiger partial charge in [-0.2, -0.15) is 0 Å². The van der Waals surface area contributed by atoms with Gasteiger partial charge in [-0.15, -0.1) is 0 Å². The second-order valence-corrected chi connectivity index (χ2v) is 9.69. The molecule has 2 heterocycles. The first-order valence-electron chi connectivity index (χ1n) is 10.5. The zero-order valence-electron chi connectivity index (χ0n) is 16.1. The van der Waals surface area contributed by atoms with Crippen molar-refractivity contribution in [1.82, 2.24) is 14.9 Å². The van der Waals surface area contributed by atoms with E-state index in [1.165, 1.54) is 37.7 Å². The first kappa shape index (κ1) is 16.6. The van der Waals surface area contributed by atoms with Gasteiger partial charge < -0.3 is 9.88 Å². The molecule has 0 bridgehead atoms. The summed E-state index contributed by atoms with van der Waals surface area (Å²) in [5.74, 6) is 2.51. The number of nitrogens with zero attached hydrogens (tertiary/aromatic N) is 2.